The van der Waals surface area contributed by atoms with Gasteiger partial charge in [-0.05, 0) is 69.0 Å². The predicted molar refractivity (Wildman–Crippen MR) is 138 cm³/mol. The number of carbonyl (C=O) groups excluding carboxylic acids is 1. The van der Waals surface area contributed by atoms with Gasteiger partial charge in [-0.1, -0.05) is 42.5 Å². The fraction of sp³-hybridized carbons (Fsp3) is 0.367. The summed E-state index contributed by atoms with van der Waals surface area (Å²) in [7, 11) is 1.59. The Hall–Kier alpha value is -3.32. The molecule has 3 aromatic carbocycles. The summed E-state index contributed by atoms with van der Waals surface area (Å²) in [6, 6.07) is 17.9. The number of ether oxygens (including phenoxy) is 2. The van der Waals surface area contributed by atoms with Gasteiger partial charge in [0, 0.05) is 24.7 Å². The highest BCUT2D eigenvalue weighted by Crippen LogP contribution is 2.30. The molecule has 4 nitrogen and oxygen atoms in total. The van der Waals surface area contributed by atoms with Gasteiger partial charge in [-0.15, -0.1) is 0 Å². The van der Waals surface area contributed by atoms with Crippen LogP contribution in [0.5, 0.6) is 5.75 Å². The van der Waals surface area contributed by atoms with Crippen molar-refractivity contribution in [2.45, 2.75) is 64.8 Å². The highest BCUT2D eigenvalue weighted by Gasteiger charge is 2.30. The summed E-state index contributed by atoms with van der Waals surface area (Å²) < 4.78 is 53.3. The maximum Gasteiger partial charge on any atom is 0.307 e. The van der Waals surface area contributed by atoms with E-state index < -0.39 is 35.1 Å². The first-order chi connectivity index (χ1) is 17.5. The minimum atomic E-state index is -1.25. The molecule has 198 valence electrons. The van der Waals surface area contributed by atoms with E-state index in [4.69, 9.17) is 9.47 Å². The van der Waals surface area contributed by atoms with Crippen LogP contribution < -0.4 is 4.74 Å². The van der Waals surface area contributed by atoms with E-state index in [1.54, 1.807) is 27.9 Å². The highest BCUT2D eigenvalue weighted by atomic mass is 19.2. The van der Waals surface area contributed by atoms with Gasteiger partial charge >= 0.3 is 5.97 Å². The van der Waals surface area contributed by atoms with Gasteiger partial charge in [0.15, 0.2) is 11.6 Å². The van der Waals surface area contributed by atoms with Crippen LogP contribution in [0.4, 0.5) is 13.2 Å². The van der Waals surface area contributed by atoms with Crippen molar-refractivity contribution < 1.29 is 27.4 Å². The number of nitrogens with zero attached hydrogens (tertiary/aromatic N) is 1. The van der Waals surface area contributed by atoms with Crippen LogP contribution >= 0.6 is 0 Å². The van der Waals surface area contributed by atoms with Crippen molar-refractivity contribution in [3.8, 4) is 5.75 Å². The van der Waals surface area contributed by atoms with Gasteiger partial charge in [-0.25, -0.2) is 13.2 Å². The van der Waals surface area contributed by atoms with Gasteiger partial charge in [-0.2, -0.15) is 0 Å². The second kappa shape index (κ2) is 12.3. The largest absolute Gasteiger partial charge is 0.497 e. The number of rotatable bonds is 10. The third kappa shape index (κ3) is 8.09. The Kier molecular flexibility index (Phi) is 9.38. The number of hydrogen-bond donors (Lipinski definition) is 0. The Balaban J connectivity index is 2.04. The standard InChI is InChI=1S/C30H34F3NO3/c1-20(22-11-13-25(36-5)14-12-22)34(19-21-9-7-6-8-10-21)24(17-29(35)37-30(2,3)4)15-23-16-27(32)28(33)18-26(23)31/h6-14,16,18,20,24H,15,17,19H2,1-5H3/t20-,24-/m1/s1. The first kappa shape index (κ1) is 28.3. The van der Waals surface area contributed by atoms with Crippen molar-refractivity contribution in [1.82, 2.24) is 4.90 Å². The van der Waals surface area contributed by atoms with E-state index in [0.29, 0.717) is 18.4 Å². The van der Waals surface area contributed by atoms with E-state index in [9.17, 15) is 18.0 Å². The van der Waals surface area contributed by atoms with E-state index in [1.165, 1.54) is 0 Å². The van der Waals surface area contributed by atoms with Gasteiger partial charge in [0.05, 0.1) is 13.5 Å². The molecular formula is C30H34F3NO3. The van der Waals surface area contributed by atoms with Crippen LogP contribution in [-0.4, -0.2) is 29.6 Å². The van der Waals surface area contributed by atoms with Gasteiger partial charge in [-0.3, -0.25) is 9.69 Å². The summed E-state index contributed by atoms with van der Waals surface area (Å²) in [5.74, 6) is -2.99. The molecule has 0 saturated heterocycles. The fourth-order valence-electron chi connectivity index (χ4n) is 4.31. The molecule has 2 atom stereocenters. The topological polar surface area (TPSA) is 38.8 Å². The van der Waals surface area contributed by atoms with Crippen LogP contribution in [-0.2, 0) is 22.5 Å². The molecule has 0 spiro atoms. The third-order valence-electron chi connectivity index (χ3n) is 6.14. The SMILES string of the molecule is COc1ccc([C@@H](C)N(Cc2ccccc2)[C@@H](CC(=O)OC(C)(C)C)Cc2cc(F)c(F)cc2F)cc1. The Morgan fingerprint density at radius 1 is 0.919 bits per heavy atom. The Morgan fingerprint density at radius 2 is 1.54 bits per heavy atom. The third-order valence-corrected chi connectivity index (χ3v) is 6.14. The molecule has 0 aliphatic carbocycles. The molecule has 0 N–H and O–H groups in total. The molecule has 0 aromatic heterocycles. The number of hydrogen-bond acceptors (Lipinski definition) is 4. The van der Waals surface area contributed by atoms with Gasteiger partial charge < -0.3 is 9.47 Å². The first-order valence-corrected chi connectivity index (χ1v) is 12.3. The van der Waals surface area contributed by atoms with E-state index in [1.807, 2.05) is 61.5 Å². The van der Waals surface area contributed by atoms with E-state index in [0.717, 1.165) is 17.2 Å². The quantitative estimate of drug-likeness (QED) is 0.216. The van der Waals surface area contributed by atoms with Crippen molar-refractivity contribution in [3.63, 3.8) is 0 Å². The molecule has 0 saturated carbocycles. The zero-order valence-electron chi connectivity index (χ0n) is 21.9. The molecule has 0 fully saturated rings. The van der Waals surface area contributed by atoms with E-state index in [2.05, 4.69) is 4.90 Å². The maximum absolute atomic E-state index is 14.7. The molecule has 0 aliphatic rings. The Bertz CT molecular complexity index is 1180. The molecule has 0 unspecified atom stereocenters. The molecule has 37 heavy (non-hydrogen) atoms. The smallest absolute Gasteiger partial charge is 0.307 e. The Morgan fingerprint density at radius 3 is 2.14 bits per heavy atom. The van der Waals surface area contributed by atoms with Gasteiger partial charge in [0.2, 0.25) is 0 Å². The molecule has 0 heterocycles. The van der Waals surface area contributed by atoms with E-state index >= 15 is 0 Å². The van der Waals surface area contributed by atoms with Crippen LogP contribution in [0.3, 0.4) is 0 Å². The predicted octanol–water partition coefficient (Wildman–Crippen LogP) is 7.02. The number of benzene rings is 3. The van der Waals surface area contributed by atoms with Crippen molar-refractivity contribution in [3.05, 3.63) is 101 Å². The highest BCUT2D eigenvalue weighted by molar-refractivity contribution is 5.70. The van der Waals surface area contributed by atoms with Crippen molar-refractivity contribution in [1.29, 1.82) is 0 Å². The average Bonchev–Trinajstić information content (AvgIpc) is 2.84. The second-order valence-electron chi connectivity index (χ2n) is 10.1. The molecule has 0 bridgehead atoms. The molecule has 7 heteroatoms. The van der Waals surface area contributed by atoms with Crippen LogP contribution in [0.25, 0.3) is 0 Å². The summed E-state index contributed by atoms with van der Waals surface area (Å²) in [6.45, 7) is 7.76. The van der Waals surface area contributed by atoms with E-state index in [-0.39, 0.29) is 24.4 Å². The lowest BCUT2D eigenvalue weighted by Gasteiger charge is -2.37. The summed E-state index contributed by atoms with van der Waals surface area (Å²) in [5, 5.41) is 0. The van der Waals surface area contributed by atoms with Crippen LogP contribution in [0.2, 0.25) is 0 Å². The van der Waals surface area contributed by atoms with Gasteiger partial charge in [0.1, 0.15) is 17.2 Å². The lowest BCUT2D eigenvalue weighted by molar-refractivity contribution is -0.156. The zero-order chi connectivity index (χ0) is 27.2. The zero-order valence-corrected chi connectivity index (χ0v) is 21.9. The number of methoxy groups -OCH3 is 1. The fourth-order valence-corrected chi connectivity index (χ4v) is 4.31. The van der Waals surface area contributed by atoms with Crippen LogP contribution in [0.15, 0.2) is 66.7 Å². The molecule has 3 rings (SSSR count). The summed E-state index contributed by atoms with van der Waals surface area (Å²) in [6.07, 6.45) is -0.0847. The van der Waals surface area contributed by atoms with Crippen molar-refractivity contribution in [2.24, 2.45) is 0 Å². The molecular weight excluding hydrogens is 479 g/mol. The number of esters is 1. The summed E-state index contributed by atoms with van der Waals surface area (Å²) >= 11 is 0. The lowest BCUT2D eigenvalue weighted by Crippen LogP contribution is -2.41. The minimum absolute atomic E-state index is 0.00699. The van der Waals surface area contributed by atoms with Crippen LogP contribution in [0.1, 0.15) is 56.8 Å². The molecule has 0 radical (unpaired) electrons. The molecule has 0 amide bonds. The normalized spacial score (nSPS) is 13.3. The summed E-state index contributed by atoms with van der Waals surface area (Å²) in [4.78, 5) is 15.0. The monoisotopic (exact) mass is 513 g/mol. The van der Waals surface area contributed by atoms with Gasteiger partial charge in [0.25, 0.3) is 0 Å². The average molecular weight is 514 g/mol. The maximum atomic E-state index is 14.7. The van der Waals surface area contributed by atoms with Crippen molar-refractivity contribution >= 4 is 5.97 Å². The molecule has 0 aliphatic heterocycles. The lowest BCUT2D eigenvalue weighted by atomic mass is 9.96. The minimum Gasteiger partial charge on any atom is -0.497 e. The summed E-state index contributed by atoms with van der Waals surface area (Å²) in [5.41, 5.74) is 1.23. The van der Waals surface area contributed by atoms with Crippen molar-refractivity contribution in [2.75, 3.05) is 7.11 Å². The second-order valence-corrected chi connectivity index (χ2v) is 10.1. The molecule has 3 aromatic rings. The number of carbonyl (C=O) groups is 1. The Labute approximate surface area is 217 Å². The van der Waals surface area contributed by atoms with Crippen LogP contribution in [0, 0.1) is 17.5 Å². The number of halogens is 3. The first-order valence-electron chi connectivity index (χ1n) is 12.3.